The van der Waals surface area contributed by atoms with Gasteiger partial charge in [0.15, 0.2) is 5.69 Å². The molecule has 0 radical (unpaired) electrons. The van der Waals surface area contributed by atoms with Crippen LogP contribution in [0.25, 0.3) is 0 Å². The van der Waals surface area contributed by atoms with Gasteiger partial charge in [-0.3, -0.25) is 14.5 Å². The van der Waals surface area contributed by atoms with Gasteiger partial charge < -0.3 is 5.11 Å². The number of amides is 2. The van der Waals surface area contributed by atoms with Crippen molar-refractivity contribution in [2.24, 2.45) is 11.8 Å². The van der Waals surface area contributed by atoms with Gasteiger partial charge in [0.2, 0.25) is 11.8 Å². The molecule has 1 aromatic heterocycles. The lowest BCUT2D eigenvalue weighted by Crippen LogP contribution is -2.34. The van der Waals surface area contributed by atoms with Gasteiger partial charge in [-0.05, 0) is 12.8 Å². The fourth-order valence-corrected chi connectivity index (χ4v) is 3.16. The number of fused-ring (bicyclic) bond motifs is 1. The van der Waals surface area contributed by atoms with Crippen molar-refractivity contribution in [2.45, 2.75) is 32.2 Å². The van der Waals surface area contributed by atoms with E-state index in [0.717, 1.165) is 25.7 Å². The fourth-order valence-electron chi connectivity index (χ4n) is 3.16. The van der Waals surface area contributed by atoms with Gasteiger partial charge in [0.25, 0.3) is 0 Å². The van der Waals surface area contributed by atoms with Crippen molar-refractivity contribution < 1.29 is 19.5 Å². The maximum Gasteiger partial charge on any atom is 0.358 e. The molecule has 0 spiro atoms. The molecular weight excluding hydrogens is 276 g/mol. The van der Waals surface area contributed by atoms with Crippen molar-refractivity contribution in [1.82, 2.24) is 19.9 Å². The number of carboxylic acid groups (broad SMARTS) is 1. The topological polar surface area (TPSA) is 105 Å². The van der Waals surface area contributed by atoms with Crippen molar-refractivity contribution in [2.75, 3.05) is 6.54 Å². The number of aromatic nitrogens is 3. The zero-order valence-corrected chi connectivity index (χ0v) is 11.4. The van der Waals surface area contributed by atoms with Crippen molar-refractivity contribution in [3.8, 4) is 0 Å². The summed E-state index contributed by atoms with van der Waals surface area (Å²) in [5, 5.41) is 15.9. The molecule has 8 nitrogen and oxygen atoms in total. The van der Waals surface area contributed by atoms with Gasteiger partial charge in [-0.25, -0.2) is 9.48 Å². The number of aromatic carboxylic acids is 1. The Morgan fingerprint density at radius 1 is 1.19 bits per heavy atom. The molecule has 1 aromatic rings. The number of likely N-dealkylation sites (tertiary alicyclic amines) is 1. The third kappa shape index (κ3) is 2.41. The van der Waals surface area contributed by atoms with Crippen LogP contribution in [0.1, 0.15) is 36.2 Å². The number of hydrogen-bond acceptors (Lipinski definition) is 5. The summed E-state index contributed by atoms with van der Waals surface area (Å²) in [7, 11) is 0. The Labute approximate surface area is 120 Å². The van der Waals surface area contributed by atoms with Gasteiger partial charge in [0, 0.05) is 6.54 Å². The van der Waals surface area contributed by atoms with E-state index in [2.05, 4.69) is 10.3 Å². The average molecular weight is 292 g/mol. The Balaban J connectivity index is 1.65. The Morgan fingerprint density at radius 3 is 2.33 bits per heavy atom. The van der Waals surface area contributed by atoms with Gasteiger partial charge >= 0.3 is 5.97 Å². The van der Waals surface area contributed by atoms with Gasteiger partial charge in [-0.1, -0.05) is 18.1 Å². The molecule has 2 aliphatic rings. The van der Waals surface area contributed by atoms with Crippen LogP contribution >= 0.6 is 0 Å². The van der Waals surface area contributed by atoms with E-state index in [1.54, 1.807) is 0 Å². The lowest BCUT2D eigenvalue weighted by molar-refractivity contribution is -0.140. The lowest BCUT2D eigenvalue weighted by atomic mass is 9.81. The maximum atomic E-state index is 12.3. The average Bonchev–Trinajstić information content (AvgIpc) is 3.03. The summed E-state index contributed by atoms with van der Waals surface area (Å²) in [6, 6.07) is 0. The van der Waals surface area contributed by atoms with Crippen molar-refractivity contribution in [1.29, 1.82) is 0 Å². The predicted octanol–water partition coefficient (Wildman–Crippen LogP) is 0.151. The second-order valence-corrected chi connectivity index (χ2v) is 5.50. The molecule has 2 amide bonds. The highest BCUT2D eigenvalue weighted by atomic mass is 16.4. The molecule has 1 aliphatic carbocycles. The third-order valence-corrected chi connectivity index (χ3v) is 4.24. The molecule has 1 aliphatic heterocycles. The molecule has 2 unspecified atom stereocenters. The van der Waals surface area contributed by atoms with E-state index >= 15 is 0 Å². The molecule has 1 saturated heterocycles. The molecule has 2 heterocycles. The number of hydrogen-bond donors (Lipinski definition) is 1. The molecule has 0 aromatic carbocycles. The molecular formula is C13H16N4O4. The number of carbonyl (C=O) groups excluding carboxylic acids is 2. The first kappa shape index (κ1) is 13.7. The van der Waals surface area contributed by atoms with E-state index in [1.807, 2.05) is 0 Å². The standard InChI is InChI=1S/C13H16N4O4/c18-11-8-3-1-2-4-9(8)12(19)17(11)6-5-16-7-10(13(20)21)14-15-16/h7-9H,1-6H2,(H,20,21). The second-order valence-electron chi connectivity index (χ2n) is 5.50. The summed E-state index contributed by atoms with van der Waals surface area (Å²) >= 11 is 0. The fraction of sp³-hybridized carbons (Fsp3) is 0.615. The summed E-state index contributed by atoms with van der Waals surface area (Å²) in [5.74, 6) is -1.65. The number of carboxylic acids is 1. The first-order valence-electron chi connectivity index (χ1n) is 7.06. The summed E-state index contributed by atoms with van der Waals surface area (Å²) in [6.07, 6.45) is 4.87. The summed E-state index contributed by atoms with van der Waals surface area (Å²) < 4.78 is 1.34. The number of carbonyl (C=O) groups is 3. The highest BCUT2D eigenvalue weighted by Crippen LogP contribution is 2.37. The van der Waals surface area contributed by atoms with E-state index in [-0.39, 0.29) is 42.4 Å². The van der Waals surface area contributed by atoms with Gasteiger partial charge in [0.1, 0.15) is 0 Å². The smallest absolute Gasteiger partial charge is 0.358 e. The van der Waals surface area contributed by atoms with Crippen LogP contribution in [0.2, 0.25) is 0 Å². The minimum atomic E-state index is -1.15. The van der Waals surface area contributed by atoms with Crippen LogP contribution in [-0.4, -0.2) is 49.3 Å². The number of nitrogens with zero attached hydrogens (tertiary/aromatic N) is 4. The molecule has 112 valence electrons. The van der Waals surface area contributed by atoms with E-state index in [1.165, 1.54) is 15.8 Å². The summed E-state index contributed by atoms with van der Waals surface area (Å²) in [4.78, 5) is 36.5. The normalized spacial score (nSPS) is 25.2. The second kappa shape index (κ2) is 5.27. The first-order valence-corrected chi connectivity index (χ1v) is 7.06. The van der Waals surface area contributed by atoms with Crippen LogP contribution in [0, 0.1) is 11.8 Å². The minimum absolute atomic E-state index is 0.0942. The Bertz CT molecular complexity index is 573. The van der Waals surface area contributed by atoms with Crippen LogP contribution in [0.4, 0.5) is 0 Å². The van der Waals surface area contributed by atoms with E-state index in [4.69, 9.17) is 5.11 Å². The zero-order valence-electron chi connectivity index (χ0n) is 11.4. The summed E-state index contributed by atoms with van der Waals surface area (Å²) in [5.41, 5.74) is -0.150. The van der Waals surface area contributed by atoms with Crippen molar-refractivity contribution in [3.05, 3.63) is 11.9 Å². The zero-order chi connectivity index (χ0) is 15.0. The molecule has 0 bridgehead atoms. The number of imide groups is 1. The SMILES string of the molecule is O=C(O)c1cn(CCN2C(=O)C3CCCCC3C2=O)nn1. The quantitative estimate of drug-likeness (QED) is 0.792. The van der Waals surface area contributed by atoms with Crippen LogP contribution < -0.4 is 0 Å². The largest absolute Gasteiger partial charge is 0.476 e. The molecule has 2 fully saturated rings. The van der Waals surface area contributed by atoms with Crippen LogP contribution in [0.5, 0.6) is 0 Å². The van der Waals surface area contributed by atoms with Gasteiger partial charge in [0.05, 0.1) is 24.6 Å². The van der Waals surface area contributed by atoms with Crippen molar-refractivity contribution in [3.63, 3.8) is 0 Å². The first-order chi connectivity index (χ1) is 10.1. The number of rotatable bonds is 4. The Morgan fingerprint density at radius 2 is 1.81 bits per heavy atom. The predicted molar refractivity (Wildman–Crippen MR) is 69.1 cm³/mol. The highest BCUT2D eigenvalue weighted by molar-refractivity contribution is 6.05. The molecule has 8 heteroatoms. The summed E-state index contributed by atoms with van der Waals surface area (Å²) in [6.45, 7) is 0.476. The van der Waals surface area contributed by atoms with E-state index in [9.17, 15) is 14.4 Å². The van der Waals surface area contributed by atoms with Crippen LogP contribution in [0.15, 0.2) is 6.20 Å². The molecule has 1 saturated carbocycles. The van der Waals surface area contributed by atoms with Crippen molar-refractivity contribution >= 4 is 17.8 Å². The van der Waals surface area contributed by atoms with E-state index < -0.39 is 5.97 Å². The van der Waals surface area contributed by atoms with Crippen LogP contribution in [0.3, 0.4) is 0 Å². The molecule has 2 atom stereocenters. The molecule has 3 rings (SSSR count). The van der Waals surface area contributed by atoms with Crippen LogP contribution in [-0.2, 0) is 16.1 Å². The van der Waals surface area contributed by atoms with Gasteiger partial charge in [-0.15, -0.1) is 5.10 Å². The Hall–Kier alpha value is -2.25. The lowest BCUT2D eigenvalue weighted by Gasteiger charge is -2.19. The third-order valence-electron chi connectivity index (χ3n) is 4.24. The van der Waals surface area contributed by atoms with E-state index in [0.29, 0.717) is 0 Å². The Kier molecular flexibility index (Phi) is 3.44. The highest BCUT2D eigenvalue weighted by Gasteiger charge is 2.47. The molecule has 21 heavy (non-hydrogen) atoms. The maximum absolute atomic E-state index is 12.3. The monoisotopic (exact) mass is 292 g/mol. The minimum Gasteiger partial charge on any atom is -0.476 e. The molecule has 1 N–H and O–H groups in total. The van der Waals surface area contributed by atoms with Gasteiger partial charge in [-0.2, -0.15) is 0 Å².